The topological polar surface area (TPSA) is 54.4 Å². The number of ketones is 1. The molecule has 1 N–H and O–H groups in total. The lowest BCUT2D eigenvalue weighted by Gasteiger charge is -1.92. The van der Waals surface area contributed by atoms with Gasteiger partial charge in [0.05, 0.1) is 9.96 Å². The summed E-state index contributed by atoms with van der Waals surface area (Å²) in [4.78, 5) is 20.7. The van der Waals surface area contributed by atoms with Gasteiger partial charge in [-0.15, -0.1) is 23.1 Å². The number of carboxylic acid groups (broad SMARTS) is 1. The van der Waals surface area contributed by atoms with Gasteiger partial charge in [-0.1, -0.05) is 6.07 Å². The molecule has 0 aliphatic heterocycles. The molecule has 1 heterocycles. The fourth-order valence-corrected chi connectivity index (χ4v) is 2.18. The summed E-state index contributed by atoms with van der Waals surface area (Å²) < 4.78 is 0.963. The van der Waals surface area contributed by atoms with Crippen LogP contribution in [0.15, 0.2) is 21.7 Å². The molecule has 0 atom stereocenters. The third-order valence-corrected chi connectivity index (χ3v) is 3.21. The number of carbonyl (C=O) groups is 2. The summed E-state index contributed by atoms with van der Waals surface area (Å²) in [6, 6.07) is 3.71. The van der Waals surface area contributed by atoms with Crippen LogP contribution in [0, 0.1) is 0 Å². The van der Waals surface area contributed by atoms with Crippen LogP contribution in [0.5, 0.6) is 0 Å². The average Bonchev–Trinajstić information content (AvgIpc) is 2.51. The maximum Gasteiger partial charge on any atom is 0.373 e. The van der Waals surface area contributed by atoms with Gasteiger partial charge in [0.1, 0.15) is 0 Å². The molecule has 0 saturated carbocycles. The van der Waals surface area contributed by atoms with Crippen molar-refractivity contribution in [1.82, 2.24) is 0 Å². The molecule has 0 aliphatic rings. The van der Waals surface area contributed by atoms with E-state index in [2.05, 4.69) is 0 Å². The molecule has 0 unspecified atom stereocenters. The Hall–Kier alpha value is -0.810. The first kappa shape index (κ1) is 9.28. The van der Waals surface area contributed by atoms with Gasteiger partial charge in [0.15, 0.2) is 0 Å². The maximum absolute atomic E-state index is 10.6. The molecule has 0 spiro atoms. The molecule has 0 aliphatic carbocycles. The van der Waals surface area contributed by atoms with E-state index in [4.69, 9.17) is 5.11 Å². The molecule has 0 bridgehead atoms. The fraction of sp³-hybridized carbons (Fsp3) is 0.143. The van der Waals surface area contributed by atoms with Gasteiger partial charge in [-0.25, -0.2) is 4.79 Å². The molecule has 0 amide bonds. The van der Waals surface area contributed by atoms with Gasteiger partial charge >= 0.3 is 5.97 Å². The quantitative estimate of drug-likeness (QED) is 0.593. The first-order valence-corrected chi connectivity index (χ1v) is 4.99. The van der Waals surface area contributed by atoms with Crippen LogP contribution >= 0.6 is 23.1 Å². The Bertz CT molecular complexity index is 279. The number of carbonyl (C=O) groups excluding carboxylic acids is 1. The molecule has 1 aromatic rings. The Morgan fingerprint density at radius 2 is 2.33 bits per heavy atom. The Morgan fingerprint density at radius 3 is 2.83 bits per heavy atom. The lowest BCUT2D eigenvalue weighted by molar-refractivity contribution is -0.147. The number of hydrogen-bond acceptors (Lipinski definition) is 4. The molecular formula is C7H6O3S2. The largest absolute Gasteiger partial charge is 0.475 e. The van der Waals surface area contributed by atoms with E-state index >= 15 is 0 Å². The number of rotatable bonds is 4. The summed E-state index contributed by atoms with van der Waals surface area (Å²) in [6.07, 6.45) is 0. The van der Waals surface area contributed by atoms with Crippen molar-refractivity contribution >= 4 is 34.9 Å². The van der Waals surface area contributed by atoms with Gasteiger partial charge in [0.2, 0.25) is 5.78 Å². The van der Waals surface area contributed by atoms with E-state index in [9.17, 15) is 9.59 Å². The van der Waals surface area contributed by atoms with Crippen LogP contribution in [0.4, 0.5) is 0 Å². The molecular weight excluding hydrogens is 196 g/mol. The zero-order chi connectivity index (χ0) is 8.97. The van der Waals surface area contributed by atoms with Crippen molar-refractivity contribution < 1.29 is 14.7 Å². The Morgan fingerprint density at radius 1 is 1.58 bits per heavy atom. The van der Waals surface area contributed by atoms with E-state index in [0.717, 1.165) is 4.21 Å². The highest BCUT2D eigenvalue weighted by atomic mass is 32.2. The molecule has 0 aromatic carbocycles. The summed E-state index contributed by atoms with van der Waals surface area (Å²) in [5.74, 6) is -2.11. The van der Waals surface area contributed by atoms with Crippen LogP contribution in [0.2, 0.25) is 0 Å². The molecule has 5 heteroatoms. The monoisotopic (exact) mass is 202 g/mol. The van der Waals surface area contributed by atoms with Gasteiger partial charge in [0.25, 0.3) is 0 Å². The highest BCUT2D eigenvalue weighted by Crippen LogP contribution is 2.22. The van der Waals surface area contributed by atoms with Crippen molar-refractivity contribution in [2.75, 3.05) is 5.75 Å². The Labute approximate surface area is 77.4 Å². The van der Waals surface area contributed by atoms with Crippen molar-refractivity contribution in [2.24, 2.45) is 0 Å². The first-order valence-electron chi connectivity index (χ1n) is 3.12. The first-order chi connectivity index (χ1) is 5.70. The molecule has 3 nitrogen and oxygen atoms in total. The third-order valence-electron chi connectivity index (χ3n) is 1.08. The van der Waals surface area contributed by atoms with Crippen molar-refractivity contribution in [2.45, 2.75) is 4.21 Å². The highest BCUT2D eigenvalue weighted by Gasteiger charge is 2.11. The third kappa shape index (κ3) is 2.67. The molecule has 12 heavy (non-hydrogen) atoms. The van der Waals surface area contributed by atoms with E-state index in [1.807, 2.05) is 17.5 Å². The lowest BCUT2D eigenvalue weighted by Crippen LogP contribution is -2.14. The van der Waals surface area contributed by atoms with Crippen LogP contribution in [0.3, 0.4) is 0 Å². The standard InChI is InChI=1S/C7H6O3S2/c8-5(7(9)10)4-12-6-2-1-3-11-6/h1-3H,4H2,(H,9,10). The predicted octanol–water partition coefficient (Wildman–Crippen LogP) is 1.49. The smallest absolute Gasteiger partial charge is 0.373 e. The maximum atomic E-state index is 10.6. The molecule has 1 aromatic heterocycles. The SMILES string of the molecule is O=C(O)C(=O)CSc1cccs1. The van der Waals surface area contributed by atoms with E-state index in [1.165, 1.54) is 23.1 Å². The van der Waals surface area contributed by atoms with Crippen LogP contribution < -0.4 is 0 Å². The number of thiophene rings is 1. The van der Waals surface area contributed by atoms with Gasteiger partial charge in [-0.2, -0.15) is 0 Å². The number of thioether (sulfide) groups is 1. The summed E-state index contributed by atoms with van der Waals surface area (Å²) in [5.41, 5.74) is 0. The second-order valence-corrected chi connectivity index (χ2v) is 4.17. The van der Waals surface area contributed by atoms with Gasteiger partial charge in [-0.3, -0.25) is 4.79 Å². The van der Waals surface area contributed by atoms with E-state index in [1.54, 1.807) is 0 Å². The number of hydrogen-bond donors (Lipinski definition) is 1. The van der Waals surface area contributed by atoms with Gasteiger partial charge in [-0.05, 0) is 11.4 Å². The summed E-state index contributed by atoms with van der Waals surface area (Å²) in [6.45, 7) is 0. The van der Waals surface area contributed by atoms with E-state index < -0.39 is 11.8 Å². The van der Waals surface area contributed by atoms with E-state index in [0.29, 0.717) is 0 Å². The lowest BCUT2D eigenvalue weighted by atomic mass is 10.5. The second kappa shape index (κ2) is 4.27. The van der Waals surface area contributed by atoms with Gasteiger partial charge < -0.3 is 5.11 Å². The Balaban J connectivity index is 2.37. The minimum atomic E-state index is -1.36. The number of carboxylic acids is 1. The fourth-order valence-electron chi connectivity index (χ4n) is 0.544. The molecule has 0 fully saturated rings. The zero-order valence-corrected chi connectivity index (χ0v) is 7.65. The Kier molecular flexibility index (Phi) is 3.31. The molecule has 1 rings (SSSR count). The zero-order valence-electron chi connectivity index (χ0n) is 6.02. The summed E-state index contributed by atoms with van der Waals surface area (Å²) in [5, 5.41) is 10.1. The predicted molar refractivity (Wildman–Crippen MR) is 47.7 cm³/mol. The molecule has 64 valence electrons. The highest BCUT2D eigenvalue weighted by molar-refractivity contribution is 8.01. The van der Waals surface area contributed by atoms with Crippen molar-refractivity contribution in [3.63, 3.8) is 0 Å². The summed E-state index contributed by atoms with van der Waals surface area (Å²) in [7, 11) is 0. The summed E-state index contributed by atoms with van der Waals surface area (Å²) >= 11 is 2.75. The van der Waals surface area contributed by atoms with Crippen molar-refractivity contribution in [3.8, 4) is 0 Å². The minimum Gasteiger partial charge on any atom is -0.475 e. The molecule has 0 saturated heterocycles. The molecule has 0 radical (unpaired) electrons. The number of aliphatic carboxylic acids is 1. The van der Waals surface area contributed by atoms with E-state index in [-0.39, 0.29) is 5.75 Å². The van der Waals surface area contributed by atoms with Crippen LogP contribution in [-0.4, -0.2) is 22.6 Å². The van der Waals surface area contributed by atoms with Crippen molar-refractivity contribution in [1.29, 1.82) is 0 Å². The normalized spacial score (nSPS) is 9.67. The second-order valence-electron chi connectivity index (χ2n) is 1.95. The van der Waals surface area contributed by atoms with Gasteiger partial charge in [0, 0.05) is 0 Å². The average molecular weight is 202 g/mol. The van der Waals surface area contributed by atoms with Crippen LogP contribution in [-0.2, 0) is 9.59 Å². The minimum absolute atomic E-state index is 0.00977. The number of Topliss-reactive ketones (excluding diaryl/α,β-unsaturated/α-hetero) is 1. The van der Waals surface area contributed by atoms with Crippen LogP contribution in [0.25, 0.3) is 0 Å². The van der Waals surface area contributed by atoms with Crippen LogP contribution in [0.1, 0.15) is 0 Å². The van der Waals surface area contributed by atoms with Crippen molar-refractivity contribution in [3.05, 3.63) is 17.5 Å².